The first-order valence-corrected chi connectivity index (χ1v) is 9.73. The predicted octanol–water partition coefficient (Wildman–Crippen LogP) is 2.68. The van der Waals surface area contributed by atoms with Gasteiger partial charge in [0.25, 0.3) is 5.91 Å². The van der Waals surface area contributed by atoms with E-state index < -0.39 is 37.0 Å². The minimum absolute atomic E-state index is 0.000168. The van der Waals surface area contributed by atoms with E-state index in [-0.39, 0.29) is 31.6 Å². The number of nitrogens with one attached hydrogen (secondary N) is 1. The Morgan fingerprint density at radius 1 is 1.10 bits per heavy atom. The second-order valence-corrected chi connectivity index (χ2v) is 7.50. The van der Waals surface area contributed by atoms with Crippen LogP contribution in [0.25, 0.3) is 0 Å². The molecule has 0 unspecified atom stereocenters. The van der Waals surface area contributed by atoms with Gasteiger partial charge in [-0.3, -0.25) is 9.59 Å². The van der Waals surface area contributed by atoms with Crippen molar-refractivity contribution < 1.29 is 33.4 Å². The predicted molar refractivity (Wildman–Crippen MR) is 110 cm³/mol. The second kappa shape index (κ2) is 10.3. The van der Waals surface area contributed by atoms with Crippen LogP contribution < -0.4 is 11.1 Å². The maximum atomic E-state index is 12.1. The first-order valence-electron chi connectivity index (χ1n) is 8.16. The van der Waals surface area contributed by atoms with Crippen LogP contribution in [0.2, 0.25) is 10.0 Å². The Kier molecular flexibility index (Phi) is 8.04. The molecule has 160 valence electrons. The van der Waals surface area contributed by atoms with Crippen LogP contribution >= 0.6 is 34.5 Å². The molecule has 1 amide bonds. The maximum Gasteiger partial charge on any atom is 0.348 e. The molecule has 12 heteroatoms. The van der Waals surface area contributed by atoms with Gasteiger partial charge < -0.3 is 25.3 Å². The van der Waals surface area contributed by atoms with E-state index in [0.717, 1.165) is 25.6 Å². The third-order valence-corrected chi connectivity index (χ3v) is 5.33. The fraction of sp³-hybridized carbons (Fsp3) is 0.222. The molecule has 0 atom stereocenters. The summed E-state index contributed by atoms with van der Waals surface area (Å²) in [5, 5.41) is 2.84. The Morgan fingerprint density at radius 2 is 1.77 bits per heavy atom. The maximum absolute atomic E-state index is 12.1. The summed E-state index contributed by atoms with van der Waals surface area (Å²) >= 11 is 12.5. The molecule has 2 rings (SSSR count). The summed E-state index contributed by atoms with van der Waals surface area (Å²) in [5.74, 6) is -2.99. The monoisotopic (exact) mass is 474 g/mol. The van der Waals surface area contributed by atoms with Crippen molar-refractivity contribution in [2.75, 3.05) is 26.5 Å². The van der Waals surface area contributed by atoms with Crippen molar-refractivity contribution in [1.29, 1.82) is 0 Å². The van der Waals surface area contributed by atoms with Crippen LogP contribution in [0, 0.1) is 0 Å². The molecule has 9 nitrogen and oxygen atoms in total. The Hall–Kier alpha value is -2.82. The van der Waals surface area contributed by atoms with Crippen molar-refractivity contribution in [3.8, 4) is 0 Å². The lowest BCUT2D eigenvalue weighted by Crippen LogP contribution is -2.30. The van der Waals surface area contributed by atoms with Gasteiger partial charge in [0, 0.05) is 10.6 Å². The normalized spacial score (nSPS) is 10.3. The van der Waals surface area contributed by atoms with Gasteiger partial charge in [-0.25, -0.2) is 9.59 Å². The van der Waals surface area contributed by atoms with Crippen LogP contribution in [0.4, 0.5) is 5.00 Å². The average Bonchev–Trinajstić information content (AvgIpc) is 3.05. The number of benzene rings is 1. The molecule has 0 spiro atoms. The van der Waals surface area contributed by atoms with E-state index in [0.29, 0.717) is 5.02 Å². The average molecular weight is 475 g/mol. The van der Waals surface area contributed by atoms with Crippen molar-refractivity contribution >= 4 is 63.4 Å². The van der Waals surface area contributed by atoms with E-state index in [9.17, 15) is 19.2 Å². The van der Waals surface area contributed by atoms with Crippen LogP contribution in [-0.2, 0) is 25.6 Å². The molecule has 0 fully saturated rings. The number of ether oxygens (including phenoxy) is 3. The molecule has 30 heavy (non-hydrogen) atoms. The number of thiophene rings is 1. The number of halogens is 2. The highest BCUT2D eigenvalue weighted by Crippen LogP contribution is 2.33. The number of hydrogen-bond donors (Lipinski definition) is 2. The molecule has 2 aromatic rings. The summed E-state index contributed by atoms with van der Waals surface area (Å²) in [5.41, 5.74) is 5.88. The number of anilines is 1. The van der Waals surface area contributed by atoms with E-state index in [1.165, 1.54) is 18.2 Å². The minimum atomic E-state index is -0.829. The molecule has 0 aliphatic carbocycles. The summed E-state index contributed by atoms with van der Waals surface area (Å²) in [4.78, 5) is 48.1. The van der Waals surface area contributed by atoms with Crippen molar-refractivity contribution in [3.05, 3.63) is 49.8 Å². The van der Waals surface area contributed by atoms with E-state index in [1.54, 1.807) is 0 Å². The quantitative estimate of drug-likeness (QED) is 0.461. The molecule has 0 aliphatic rings. The fourth-order valence-corrected chi connectivity index (χ4v) is 3.80. The number of methoxy groups -OCH3 is 2. The lowest BCUT2D eigenvalue weighted by Gasteiger charge is -2.09. The highest BCUT2D eigenvalue weighted by molar-refractivity contribution is 7.18. The summed E-state index contributed by atoms with van der Waals surface area (Å²) in [7, 11) is 2.30. The number of esters is 3. The zero-order chi connectivity index (χ0) is 22.4. The molecular weight excluding hydrogens is 459 g/mol. The number of carbonyl (C=O) groups excluding carboxylic acids is 4. The number of amides is 1. The minimum Gasteiger partial charge on any atom is -0.465 e. The molecule has 0 radical (unpaired) electrons. The van der Waals surface area contributed by atoms with E-state index in [1.807, 2.05) is 0 Å². The zero-order valence-electron chi connectivity index (χ0n) is 15.7. The first-order chi connectivity index (χ1) is 14.2. The van der Waals surface area contributed by atoms with Gasteiger partial charge in [-0.05, 0) is 18.2 Å². The van der Waals surface area contributed by atoms with Crippen LogP contribution in [0.5, 0.6) is 0 Å². The van der Waals surface area contributed by atoms with Crippen molar-refractivity contribution in [2.45, 2.75) is 6.61 Å². The number of hydrogen-bond acceptors (Lipinski definition) is 9. The van der Waals surface area contributed by atoms with Crippen LogP contribution in [0.1, 0.15) is 36.0 Å². The highest BCUT2D eigenvalue weighted by atomic mass is 35.5. The van der Waals surface area contributed by atoms with Gasteiger partial charge in [-0.2, -0.15) is 0 Å². The summed E-state index contributed by atoms with van der Waals surface area (Å²) in [6, 6.07) is 4.27. The molecular formula is C18H16Cl2N2O7S. The Balaban J connectivity index is 2.07. The van der Waals surface area contributed by atoms with Crippen molar-refractivity contribution in [2.24, 2.45) is 0 Å². The number of rotatable bonds is 7. The number of carbonyl (C=O) groups is 4. The van der Waals surface area contributed by atoms with Crippen molar-refractivity contribution in [3.63, 3.8) is 0 Å². The topological polar surface area (TPSA) is 134 Å². The van der Waals surface area contributed by atoms with E-state index >= 15 is 0 Å². The largest absolute Gasteiger partial charge is 0.465 e. The molecule has 0 saturated carbocycles. The Bertz CT molecular complexity index is 1010. The molecule has 1 aromatic heterocycles. The third-order valence-electron chi connectivity index (χ3n) is 3.74. The highest BCUT2D eigenvalue weighted by Gasteiger charge is 2.28. The van der Waals surface area contributed by atoms with E-state index in [2.05, 4.69) is 14.8 Å². The zero-order valence-corrected chi connectivity index (χ0v) is 18.1. The van der Waals surface area contributed by atoms with Crippen LogP contribution in [0.15, 0.2) is 18.2 Å². The summed E-state index contributed by atoms with van der Waals surface area (Å²) < 4.78 is 14.4. The number of nitrogen functional groups attached to an aromatic ring is 1. The van der Waals surface area contributed by atoms with Crippen LogP contribution in [-0.4, -0.2) is 44.6 Å². The summed E-state index contributed by atoms with van der Waals surface area (Å²) in [6.45, 7) is -0.947. The molecule has 0 saturated heterocycles. The fourth-order valence-electron chi connectivity index (χ4n) is 2.33. The van der Waals surface area contributed by atoms with Gasteiger partial charge >= 0.3 is 17.9 Å². The lowest BCUT2D eigenvalue weighted by molar-refractivity contribution is -0.143. The second-order valence-electron chi connectivity index (χ2n) is 5.60. The van der Waals surface area contributed by atoms with Gasteiger partial charge in [-0.15, -0.1) is 11.3 Å². The van der Waals surface area contributed by atoms with Gasteiger partial charge in [0.05, 0.1) is 24.8 Å². The summed E-state index contributed by atoms with van der Waals surface area (Å²) in [6.07, 6.45) is 0. The Labute approximate surface area is 185 Å². The van der Waals surface area contributed by atoms with Gasteiger partial charge in [0.2, 0.25) is 0 Å². The van der Waals surface area contributed by atoms with Gasteiger partial charge in [-0.1, -0.05) is 23.2 Å². The smallest absolute Gasteiger partial charge is 0.348 e. The molecule has 0 bridgehead atoms. The first kappa shape index (κ1) is 23.5. The lowest BCUT2D eigenvalue weighted by atomic mass is 10.1. The van der Waals surface area contributed by atoms with Gasteiger partial charge in [0.15, 0.2) is 0 Å². The molecule has 1 aromatic carbocycles. The molecule has 0 aliphatic heterocycles. The third kappa shape index (κ3) is 5.41. The standard InChI is InChI=1S/C18H16Cl2N2O7S/c1-27-17(25)13-10(14(18(26)28-2)30-15(13)21)7-29-12(23)6-22-16(24)9-4-3-8(19)5-11(9)20/h3-5H,6-7,21H2,1-2H3,(H,22,24). The SMILES string of the molecule is COC(=O)c1sc(N)c(C(=O)OC)c1COC(=O)CNC(=O)c1ccc(Cl)cc1Cl. The molecule has 1 heterocycles. The molecule has 3 N–H and O–H groups in total. The van der Waals surface area contributed by atoms with Crippen molar-refractivity contribution in [1.82, 2.24) is 5.32 Å². The Morgan fingerprint density at radius 3 is 2.37 bits per heavy atom. The van der Waals surface area contributed by atoms with Gasteiger partial charge in [0.1, 0.15) is 28.6 Å². The van der Waals surface area contributed by atoms with Crippen LogP contribution in [0.3, 0.4) is 0 Å². The number of nitrogens with two attached hydrogens (primary N) is 1. The van der Waals surface area contributed by atoms with E-state index in [4.69, 9.17) is 33.7 Å².